The Morgan fingerprint density at radius 2 is 1.79 bits per heavy atom. The van der Waals surface area contributed by atoms with E-state index in [1.54, 1.807) is 18.2 Å². The van der Waals surface area contributed by atoms with Crippen LogP contribution < -0.4 is 15.6 Å². The van der Waals surface area contributed by atoms with E-state index in [0.29, 0.717) is 25.3 Å². The summed E-state index contributed by atoms with van der Waals surface area (Å²) in [5.41, 5.74) is 1.97. The number of aromatic nitrogens is 2. The lowest BCUT2D eigenvalue weighted by molar-refractivity contribution is -0.121. The second-order valence-electron chi connectivity index (χ2n) is 6.40. The number of halogens is 1. The van der Waals surface area contributed by atoms with E-state index in [-0.39, 0.29) is 23.8 Å². The number of rotatable bonds is 8. The molecular weight excluding hydrogens is 373 g/mol. The third-order valence-corrected chi connectivity index (χ3v) is 4.27. The molecule has 29 heavy (non-hydrogen) atoms. The standard InChI is InChI=1S/C22H22FN3O3/c1-2-29-19-9-5-17(6-10-19)20-11-12-22(28)26(25-20)15-21(27)24-14-13-16-3-7-18(23)8-4-16/h3-12H,2,13-15H2,1H3,(H,24,27). The highest BCUT2D eigenvalue weighted by Crippen LogP contribution is 2.19. The normalized spacial score (nSPS) is 10.6. The Labute approximate surface area is 168 Å². The van der Waals surface area contributed by atoms with Gasteiger partial charge in [-0.3, -0.25) is 9.59 Å². The van der Waals surface area contributed by atoms with Crippen LogP contribution in [-0.4, -0.2) is 28.8 Å². The van der Waals surface area contributed by atoms with E-state index >= 15 is 0 Å². The monoisotopic (exact) mass is 395 g/mol. The van der Waals surface area contributed by atoms with Crippen molar-refractivity contribution in [1.29, 1.82) is 0 Å². The largest absolute Gasteiger partial charge is 0.494 e. The van der Waals surface area contributed by atoms with Gasteiger partial charge in [0, 0.05) is 18.2 Å². The van der Waals surface area contributed by atoms with Gasteiger partial charge in [-0.25, -0.2) is 9.07 Å². The first-order valence-corrected chi connectivity index (χ1v) is 9.37. The van der Waals surface area contributed by atoms with Crippen LogP contribution in [0.2, 0.25) is 0 Å². The SMILES string of the molecule is CCOc1ccc(-c2ccc(=O)n(CC(=O)NCCc3ccc(F)cc3)n2)cc1. The molecule has 0 unspecified atom stereocenters. The number of hydrogen-bond acceptors (Lipinski definition) is 4. The molecule has 0 saturated carbocycles. The molecule has 0 spiro atoms. The minimum absolute atomic E-state index is 0.173. The third-order valence-electron chi connectivity index (χ3n) is 4.27. The zero-order valence-electron chi connectivity index (χ0n) is 16.1. The molecule has 2 aromatic carbocycles. The summed E-state index contributed by atoms with van der Waals surface area (Å²) in [6.07, 6.45) is 0.570. The average molecular weight is 395 g/mol. The van der Waals surface area contributed by atoms with Crippen molar-refractivity contribution in [3.8, 4) is 17.0 Å². The van der Waals surface area contributed by atoms with Crippen LogP contribution in [-0.2, 0) is 17.8 Å². The van der Waals surface area contributed by atoms with E-state index in [1.807, 2.05) is 31.2 Å². The summed E-state index contributed by atoms with van der Waals surface area (Å²) in [5, 5.41) is 7.05. The second kappa shape index (κ2) is 9.64. The van der Waals surface area contributed by atoms with Crippen LogP contribution in [0.4, 0.5) is 4.39 Å². The van der Waals surface area contributed by atoms with Crippen LogP contribution in [0.3, 0.4) is 0 Å². The maximum Gasteiger partial charge on any atom is 0.267 e. The predicted molar refractivity (Wildman–Crippen MR) is 108 cm³/mol. The molecule has 0 atom stereocenters. The summed E-state index contributed by atoms with van der Waals surface area (Å²) in [6.45, 7) is 2.71. The smallest absolute Gasteiger partial charge is 0.267 e. The zero-order valence-corrected chi connectivity index (χ0v) is 16.1. The fourth-order valence-electron chi connectivity index (χ4n) is 2.79. The molecule has 1 N–H and O–H groups in total. The molecular formula is C22H22FN3O3. The first-order valence-electron chi connectivity index (χ1n) is 9.37. The summed E-state index contributed by atoms with van der Waals surface area (Å²) >= 11 is 0. The Morgan fingerprint density at radius 1 is 1.07 bits per heavy atom. The fourth-order valence-corrected chi connectivity index (χ4v) is 2.79. The zero-order chi connectivity index (χ0) is 20.6. The van der Waals surface area contributed by atoms with Gasteiger partial charge in [-0.2, -0.15) is 5.10 Å². The lowest BCUT2D eigenvalue weighted by atomic mass is 10.1. The van der Waals surface area contributed by atoms with E-state index in [2.05, 4.69) is 10.4 Å². The van der Waals surface area contributed by atoms with Gasteiger partial charge in [0.2, 0.25) is 5.91 Å². The van der Waals surface area contributed by atoms with Crippen molar-refractivity contribution in [3.63, 3.8) is 0 Å². The van der Waals surface area contributed by atoms with E-state index in [0.717, 1.165) is 21.6 Å². The fraction of sp³-hybridized carbons (Fsp3) is 0.227. The lowest BCUT2D eigenvalue weighted by Gasteiger charge is -2.09. The second-order valence-corrected chi connectivity index (χ2v) is 6.40. The molecule has 3 rings (SSSR count). The Hall–Kier alpha value is -3.48. The molecule has 0 fully saturated rings. The Kier molecular flexibility index (Phi) is 6.73. The van der Waals surface area contributed by atoms with Crippen molar-refractivity contribution < 1.29 is 13.9 Å². The molecule has 3 aromatic rings. The molecule has 0 bridgehead atoms. The van der Waals surface area contributed by atoms with Crippen molar-refractivity contribution in [2.24, 2.45) is 0 Å². The number of nitrogens with one attached hydrogen (secondary N) is 1. The number of nitrogens with zero attached hydrogens (tertiary/aromatic N) is 2. The molecule has 0 saturated heterocycles. The average Bonchev–Trinajstić information content (AvgIpc) is 2.72. The first kappa shape index (κ1) is 20.3. The summed E-state index contributed by atoms with van der Waals surface area (Å²) < 4.78 is 19.5. The van der Waals surface area contributed by atoms with Gasteiger partial charge in [0.15, 0.2) is 0 Å². The van der Waals surface area contributed by atoms with E-state index in [1.165, 1.54) is 18.2 Å². The van der Waals surface area contributed by atoms with Crippen LogP contribution in [0.1, 0.15) is 12.5 Å². The molecule has 0 aliphatic carbocycles. The van der Waals surface area contributed by atoms with Crippen LogP contribution in [0, 0.1) is 5.82 Å². The van der Waals surface area contributed by atoms with Gasteiger partial charge in [-0.05, 0) is 61.4 Å². The summed E-state index contributed by atoms with van der Waals surface area (Å²) in [5.74, 6) is 0.145. The Morgan fingerprint density at radius 3 is 2.48 bits per heavy atom. The highest BCUT2D eigenvalue weighted by molar-refractivity contribution is 5.75. The van der Waals surface area contributed by atoms with Gasteiger partial charge in [-0.15, -0.1) is 0 Å². The number of ether oxygens (including phenoxy) is 1. The summed E-state index contributed by atoms with van der Waals surface area (Å²) in [6, 6.07) is 16.5. The highest BCUT2D eigenvalue weighted by Gasteiger charge is 2.08. The van der Waals surface area contributed by atoms with E-state index in [9.17, 15) is 14.0 Å². The van der Waals surface area contributed by atoms with Gasteiger partial charge >= 0.3 is 0 Å². The molecule has 1 heterocycles. The Balaban J connectivity index is 1.61. The number of benzene rings is 2. The molecule has 0 aliphatic heterocycles. The van der Waals surface area contributed by atoms with Crippen LogP contribution in [0.25, 0.3) is 11.3 Å². The molecule has 0 aliphatic rings. The quantitative estimate of drug-likeness (QED) is 0.637. The minimum atomic E-state index is -0.353. The molecule has 1 amide bonds. The molecule has 0 radical (unpaired) electrons. The highest BCUT2D eigenvalue weighted by atomic mass is 19.1. The van der Waals surface area contributed by atoms with E-state index in [4.69, 9.17) is 4.74 Å². The molecule has 150 valence electrons. The minimum Gasteiger partial charge on any atom is -0.494 e. The number of carbonyl (C=O) groups excluding carboxylic acids is 1. The van der Waals surface area contributed by atoms with Crippen LogP contribution in [0.5, 0.6) is 5.75 Å². The van der Waals surface area contributed by atoms with Crippen molar-refractivity contribution in [2.75, 3.05) is 13.2 Å². The maximum atomic E-state index is 12.9. The lowest BCUT2D eigenvalue weighted by Crippen LogP contribution is -2.34. The number of carbonyl (C=O) groups is 1. The van der Waals surface area contributed by atoms with Crippen molar-refractivity contribution in [1.82, 2.24) is 15.1 Å². The maximum absolute atomic E-state index is 12.9. The predicted octanol–water partition coefficient (Wildman–Crippen LogP) is 2.81. The van der Waals surface area contributed by atoms with Gasteiger partial charge in [-0.1, -0.05) is 12.1 Å². The summed E-state index contributed by atoms with van der Waals surface area (Å²) in [4.78, 5) is 24.3. The number of amides is 1. The Bertz CT molecular complexity index is 1010. The number of hydrogen-bond donors (Lipinski definition) is 1. The van der Waals surface area contributed by atoms with Crippen LogP contribution in [0.15, 0.2) is 65.5 Å². The van der Waals surface area contributed by atoms with Crippen molar-refractivity contribution in [2.45, 2.75) is 19.9 Å². The summed E-state index contributed by atoms with van der Waals surface area (Å²) in [7, 11) is 0. The molecule has 6 nitrogen and oxygen atoms in total. The van der Waals surface area contributed by atoms with Gasteiger partial charge in [0.25, 0.3) is 5.56 Å². The molecule has 1 aromatic heterocycles. The van der Waals surface area contributed by atoms with E-state index < -0.39 is 0 Å². The van der Waals surface area contributed by atoms with Crippen molar-refractivity contribution >= 4 is 5.91 Å². The van der Waals surface area contributed by atoms with Gasteiger partial charge < -0.3 is 10.1 Å². The van der Waals surface area contributed by atoms with Crippen LogP contribution >= 0.6 is 0 Å². The van der Waals surface area contributed by atoms with Gasteiger partial charge in [0.1, 0.15) is 18.1 Å². The first-order chi connectivity index (χ1) is 14.0. The molecule has 7 heteroatoms. The third kappa shape index (κ3) is 5.75. The van der Waals surface area contributed by atoms with Crippen molar-refractivity contribution in [3.05, 3.63) is 82.4 Å². The topological polar surface area (TPSA) is 73.2 Å². The van der Waals surface area contributed by atoms with Gasteiger partial charge in [0.05, 0.1) is 12.3 Å².